The summed E-state index contributed by atoms with van der Waals surface area (Å²) in [5.41, 5.74) is 0. The van der Waals surface area contributed by atoms with E-state index in [0.29, 0.717) is 6.54 Å². The number of piperazine rings is 1. The standard InChI is InChI=1S/C11H19F3N4/c1-17(9-10(8-15)11(12,13)14)6-7-18-4-2-16-3-5-18/h10,16H,2-7,9H2,1H3. The van der Waals surface area contributed by atoms with Crippen molar-refractivity contribution in [3.63, 3.8) is 0 Å². The van der Waals surface area contributed by atoms with Gasteiger partial charge in [-0.15, -0.1) is 0 Å². The van der Waals surface area contributed by atoms with E-state index in [1.807, 2.05) is 0 Å². The highest BCUT2D eigenvalue weighted by atomic mass is 19.4. The second-order valence-corrected chi connectivity index (χ2v) is 4.58. The highest BCUT2D eigenvalue weighted by molar-refractivity contribution is 4.90. The molecule has 4 nitrogen and oxygen atoms in total. The van der Waals surface area contributed by atoms with Gasteiger partial charge < -0.3 is 10.2 Å². The number of hydrogen-bond donors (Lipinski definition) is 1. The van der Waals surface area contributed by atoms with Crippen LogP contribution in [-0.2, 0) is 0 Å². The topological polar surface area (TPSA) is 42.3 Å². The van der Waals surface area contributed by atoms with Gasteiger partial charge in [-0.2, -0.15) is 18.4 Å². The molecule has 1 fully saturated rings. The zero-order valence-electron chi connectivity index (χ0n) is 10.5. The van der Waals surface area contributed by atoms with Gasteiger partial charge in [0.1, 0.15) is 0 Å². The van der Waals surface area contributed by atoms with Gasteiger partial charge in [0.2, 0.25) is 0 Å². The molecule has 1 aliphatic heterocycles. The second-order valence-electron chi connectivity index (χ2n) is 4.58. The van der Waals surface area contributed by atoms with E-state index in [2.05, 4.69) is 10.2 Å². The van der Waals surface area contributed by atoms with Crippen molar-refractivity contribution in [2.75, 3.05) is 52.9 Å². The molecule has 0 aromatic heterocycles. The quantitative estimate of drug-likeness (QED) is 0.786. The molecule has 1 atom stereocenters. The van der Waals surface area contributed by atoms with Crippen LogP contribution < -0.4 is 5.32 Å². The molecule has 0 bridgehead atoms. The molecule has 1 saturated heterocycles. The van der Waals surface area contributed by atoms with Crippen LogP contribution in [0, 0.1) is 17.2 Å². The minimum atomic E-state index is -4.43. The van der Waals surface area contributed by atoms with E-state index in [1.165, 1.54) is 6.07 Å². The molecule has 0 aromatic rings. The van der Waals surface area contributed by atoms with E-state index in [4.69, 9.17) is 5.26 Å². The maximum Gasteiger partial charge on any atom is 0.405 e. The van der Waals surface area contributed by atoms with Crippen LogP contribution in [0.4, 0.5) is 13.2 Å². The molecule has 0 amide bonds. The Morgan fingerprint density at radius 2 is 2.00 bits per heavy atom. The Labute approximate surface area is 105 Å². The number of likely N-dealkylation sites (N-methyl/N-ethyl adjacent to an activating group) is 1. The van der Waals surface area contributed by atoms with Gasteiger partial charge in [-0.3, -0.25) is 4.90 Å². The normalized spacial score (nSPS) is 19.8. The summed E-state index contributed by atoms with van der Waals surface area (Å²) in [6.07, 6.45) is -4.43. The molecule has 1 unspecified atom stereocenters. The van der Waals surface area contributed by atoms with Crippen LogP contribution in [-0.4, -0.2) is 68.8 Å². The zero-order chi connectivity index (χ0) is 13.6. The predicted molar refractivity (Wildman–Crippen MR) is 62.0 cm³/mol. The highest BCUT2D eigenvalue weighted by Crippen LogP contribution is 2.25. The van der Waals surface area contributed by atoms with Crippen LogP contribution in [0.25, 0.3) is 0 Å². The van der Waals surface area contributed by atoms with Crippen LogP contribution in [0.5, 0.6) is 0 Å². The van der Waals surface area contributed by atoms with Crippen LogP contribution in [0.15, 0.2) is 0 Å². The zero-order valence-corrected chi connectivity index (χ0v) is 10.5. The van der Waals surface area contributed by atoms with E-state index >= 15 is 0 Å². The van der Waals surface area contributed by atoms with Crippen molar-refractivity contribution < 1.29 is 13.2 Å². The molecule has 0 saturated carbocycles. The first-order chi connectivity index (χ1) is 8.43. The third-order valence-corrected chi connectivity index (χ3v) is 3.05. The minimum Gasteiger partial charge on any atom is -0.314 e. The molecule has 0 aliphatic carbocycles. The van der Waals surface area contributed by atoms with E-state index in [1.54, 1.807) is 11.9 Å². The van der Waals surface area contributed by atoms with Crippen LogP contribution in [0.2, 0.25) is 0 Å². The molecule has 18 heavy (non-hydrogen) atoms. The molecule has 7 heteroatoms. The van der Waals surface area contributed by atoms with E-state index in [9.17, 15) is 13.2 Å². The molecular weight excluding hydrogens is 245 g/mol. The summed E-state index contributed by atoms with van der Waals surface area (Å²) < 4.78 is 37.2. The first kappa shape index (κ1) is 15.2. The lowest BCUT2D eigenvalue weighted by Crippen LogP contribution is -2.46. The maximum absolute atomic E-state index is 12.4. The summed E-state index contributed by atoms with van der Waals surface area (Å²) in [6, 6.07) is 1.32. The van der Waals surface area contributed by atoms with Crippen molar-refractivity contribution in [1.82, 2.24) is 15.1 Å². The van der Waals surface area contributed by atoms with Crippen molar-refractivity contribution in [3.8, 4) is 6.07 Å². The van der Waals surface area contributed by atoms with Gasteiger partial charge in [-0.1, -0.05) is 0 Å². The van der Waals surface area contributed by atoms with Crippen molar-refractivity contribution in [3.05, 3.63) is 0 Å². The Morgan fingerprint density at radius 3 is 2.50 bits per heavy atom. The number of halogens is 3. The first-order valence-corrected chi connectivity index (χ1v) is 6.01. The van der Waals surface area contributed by atoms with Gasteiger partial charge in [0.05, 0.1) is 6.07 Å². The summed E-state index contributed by atoms with van der Waals surface area (Å²) >= 11 is 0. The third kappa shape index (κ3) is 5.21. The summed E-state index contributed by atoms with van der Waals surface area (Å²) in [7, 11) is 1.62. The molecular formula is C11H19F3N4. The Bertz CT molecular complexity index is 281. The van der Waals surface area contributed by atoms with E-state index < -0.39 is 12.1 Å². The fourth-order valence-electron chi connectivity index (χ4n) is 1.87. The molecule has 1 N–H and O–H groups in total. The van der Waals surface area contributed by atoms with Crippen LogP contribution in [0.1, 0.15) is 0 Å². The SMILES string of the molecule is CN(CCN1CCNCC1)CC(C#N)C(F)(F)F. The van der Waals surface area contributed by atoms with Gasteiger partial charge in [0.25, 0.3) is 0 Å². The Balaban J connectivity index is 2.28. The average Bonchev–Trinajstić information content (AvgIpc) is 2.33. The fraction of sp³-hybridized carbons (Fsp3) is 0.909. The second kappa shape index (κ2) is 6.92. The molecule has 0 spiro atoms. The predicted octanol–water partition coefficient (Wildman–Crippen LogP) is 0.525. The number of nitriles is 1. The summed E-state index contributed by atoms with van der Waals surface area (Å²) in [4.78, 5) is 3.78. The lowest BCUT2D eigenvalue weighted by Gasteiger charge is -2.29. The molecule has 0 radical (unpaired) electrons. The number of nitrogens with one attached hydrogen (secondary N) is 1. The summed E-state index contributed by atoms with van der Waals surface area (Å²) in [6.45, 7) is 4.73. The fourth-order valence-corrected chi connectivity index (χ4v) is 1.87. The summed E-state index contributed by atoms with van der Waals surface area (Å²) in [5.74, 6) is -1.90. The number of alkyl halides is 3. The Morgan fingerprint density at radius 1 is 1.39 bits per heavy atom. The Kier molecular flexibility index (Phi) is 5.85. The molecule has 1 rings (SSSR count). The van der Waals surface area contributed by atoms with Crippen molar-refractivity contribution in [1.29, 1.82) is 5.26 Å². The summed E-state index contributed by atoms with van der Waals surface area (Å²) in [5, 5.41) is 11.7. The number of hydrogen-bond acceptors (Lipinski definition) is 4. The lowest BCUT2D eigenvalue weighted by molar-refractivity contribution is -0.162. The van der Waals surface area contributed by atoms with Crippen LogP contribution in [0.3, 0.4) is 0 Å². The van der Waals surface area contributed by atoms with Gasteiger partial charge in [-0.05, 0) is 7.05 Å². The van der Waals surface area contributed by atoms with Crippen molar-refractivity contribution in [2.24, 2.45) is 5.92 Å². The third-order valence-electron chi connectivity index (χ3n) is 3.05. The van der Waals surface area contributed by atoms with Gasteiger partial charge in [0.15, 0.2) is 5.92 Å². The monoisotopic (exact) mass is 264 g/mol. The largest absolute Gasteiger partial charge is 0.405 e. The first-order valence-electron chi connectivity index (χ1n) is 6.01. The van der Waals surface area contributed by atoms with Gasteiger partial charge >= 0.3 is 6.18 Å². The Hall–Kier alpha value is -0.840. The van der Waals surface area contributed by atoms with E-state index in [0.717, 1.165) is 32.7 Å². The number of rotatable bonds is 5. The highest BCUT2D eigenvalue weighted by Gasteiger charge is 2.40. The van der Waals surface area contributed by atoms with Crippen molar-refractivity contribution in [2.45, 2.75) is 6.18 Å². The maximum atomic E-state index is 12.4. The molecule has 1 aliphatic rings. The minimum absolute atomic E-state index is 0.258. The molecule has 1 heterocycles. The smallest absolute Gasteiger partial charge is 0.314 e. The van der Waals surface area contributed by atoms with Crippen LogP contribution >= 0.6 is 0 Å². The number of nitrogens with zero attached hydrogens (tertiary/aromatic N) is 3. The van der Waals surface area contributed by atoms with Gasteiger partial charge in [-0.25, -0.2) is 0 Å². The van der Waals surface area contributed by atoms with Gasteiger partial charge in [0, 0.05) is 45.8 Å². The average molecular weight is 264 g/mol. The lowest BCUT2D eigenvalue weighted by atomic mass is 10.1. The molecule has 104 valence electrons. The molecule has 0 aromatic carbocycles. The van der Waals surface area contributed by atoms with E-state index in [-0.39, 0.29) is 6.54 Å². The van der Waals surface area contributed by atoms with Crippen molar-refractivity contribution >= 4 is 0 Å².